The van der Waals surface area contributed by atoms with E-state index >= 15 is 0 Å². The van der Waals surface area contributed by atoms with Crippen LogP contribution in [0, 0.1) is 5.92 Å². The molecule has 13 nitrogen and oxygen atoms in total. The lowest BCUT2D eigenvalue weighted by Crippen LogP contribution is -2.57. The number of ether oxygens (including phenoxy) is 1. The summed E-state index contributed by atoms with van der Waals surface area (Å²) in [5.41, 5.74) is 8.83. The first-order valence-corrected chi connectivity index (χ1v) is 22.6. The maximum Gasteiger partial charge on any atom is 0.297 e. The van der Waals surface area contributed by atoms with Gasteiger partial charge in [-0.05, 0) is 77.3 Å². The topological polar surface area (TPSA) is 179 Å². The van der Waals surface area contributed by atoms with Crippen molar-refractivity contribution in [1.82, 2.24) is 29.5 Å². The molecular weight excluding hydrogens is 739 g/mol. The zero-order chi connectivity index (χ0) is 38.5. The van der Waals surface area contributed by atoms with Crippen LogP contribution in [0.4, 0.5) is 0 Å². The van der Waals surface area contributed by atoms with Gasteiger partial charge in [-0.15, -0.1) is 11.3 Å². The SMILES string of the molecule is CC(C)n1c(OC2CC3C(=O)NC4(C(=O)NS(=O)(=O)C5CC5)CC4C=CCCCCCC(N)C(=O)N3C2)nc2c(-c3nc(C4CCCCC4)cs3)cccc21. The number of thiazole rings is 1. The molecule has 0 bridgehead atoms. The Morgan fingerprint density at radius 1 is 1.05 bits per heavy atom. The second kappa shape index (κ2) is 15.3. The number of para-hydroxylation sites is 1. The van der Waals surface area contributed by atoms with Gasteiger partial charge in [0.1, 0.15) is 28.2 Å². The Labute approximate surface area is 326 Å². The van der Waals surface area contributed by atoms with Gasteiger partial charge < -0.3 is 20.7 Å². The monoisotopic (exact) mass is 791 g/mol. The molecule has 3 aliphatic carbocycles. The predicted molar refractivity (Wildman–Crippen MR) is 211 cm³/mol. The van der Waals surface area contributed by atoms with Gasteiger partial charge in [0, 0.05) is 35.2 Å². The summed E-state index contributed by atoms with van der Waals surface area (Å²) < 4.78 is 36.6. The Kier molecular flexibility index (Phi) is 10.6. The highest BCUT2D eigenvalue weighted by molar-refractivity contribution is 7.91. The van der Waals surface area contributed by atoms with Crippen LogP contribution in [-0.4, -0.2) is 81.1 Å². The first kappa shape index (κ1) is 38.1. The third kappa shape index (κ3) is 7.68. The molecule has 4 heterocycles. The van der Waals surface area contributed by atoms with Crippen molar-refractivity contribution in [2.75, 3.05) is 6.54 Å². The van der Waals surface area contributed by atoms with Gasteiger partial charge in [-0.2, -0.15) is 4.98 Å². The zero-order valence-electron chi connectivity index (χ0n) is 31.7. The number of aromatic nitrogens is 3. The molecule has 2 aromatic heterocycles. The van der Waals surface area contributed by atoms with Gasteiger partial charge in [0.2, 0.25) is 21.8 Å². The van der Waals surface area contributed by atoms with Crippen molar-refractivity contribution in [1.29, 1.82) is 0 Å². The molecule has 0 spiro atoms. The molecule has 55 heavy (non-hydrogen) atoms. The van der Waals surface area contributed by atoms with Crippen LogP contribution in [-0.2, 0) is 24.4 Å². The van der Waals surface area contributed by atoms with E-state index < -0.39 is 50.8 Å². The number of hydrogen-bond donors (Lipinski definition) is 3. The van der Waals surface area contributed by atoms with E-state index in [1.54, 1.807) is 11.3 Å². The Bertz CT molecular complexity index is 2080. The molecule has 8 rings (SSSR count). The van der Waals surface area contributed by atoms with Crippen LogP contribution in [0.5, 0.6) is 6.01 Å². The number of fused-ring (bicyclic) bond motifs is 3. The van der Waals surface area contributed by atoms with Crippen LogP contribution in [0.3, 0.4) is 0 Å². The molecule has 3 saturated carbocycles. The molecule has 4 N–H and O–H groups in total. The highest BCUT2D eigenvalue weighted by Crippen LogP contribution is 2.46. The number of benzene rings is 1. The zero-order valence-corrected chi connectivity index (χ0v) is 33.4. The average Bonchev–Trinajstić information content (AvgIpc) is 3.98. The van der Waals surface area contributed by atoms with Crippen LogP contribution >= 0.6 is 11.3 Å². The molecule has 2 aliphatic heterocycles. The van der Waals surface area contributed by atoms with Crippen molar-refractivity contribution in [2.45, 2.75) is 145 Å². The van der Waals surface area contributed by atoms with E-state index in [-0.39, 0.29) is 37.3 Å². The summed E-state index contributed by atoms with van der Waals surface area (Å²) in [4.78, 5) is 53.6. The summed E-state index contributed by atoms with van der Waals surface area (Å²) in [6.45, 7) is 4.23. The summed E-state index contributed by atoms with van der Waals surface area (Å²) >= 11 is 1.64. The number of allylic oxidation sites excluding steroid dienone is 1. The number of rotatable bonds is 8. The fraction of sp³-hybridized carbons (Fsp3) is 0.625. The van der Waals surface area contributed by atoms with Gasteiger partial charge in [0.05, 0.1) is 29.0 Å². The summed E-state index contributed by atoms with van der Waals surface area (Å²) in [5.74, 6) is -1.49. The van der Waals surface area contributed by atoms with Crippen LogP contribution < -0.4 is 20.5 Å². The van der Waals surface area contributed by atoms with E-state index in [0.717, 1.165) is 53.0 Å². The molecule has 15 heteroatoms. The number of nitrogens with two attached hydrogens (primary N) is 1. The average molecular weight is 792 g/mol. The van der Waals surface area contributed by atoms with E-state index in [1.165, 1.54) is 37.0 Å². The fourth-order valence-corrected chi connectivity index (χ4v) is 11.0. The smallest absolute Gasteiger partial charge is 0.297 e. The first-order valence-electron chi connectivity index (χ1n) is 20.2. The summed E-state index contributed by atoms with van der Waals surface area (Å²) in [5, 5.41) is 5.45. The first-order chi connectivity index (χ1) is 26.4. The molecule has 5 atom stereocenters. The largest absolute Gasteiger partial charge is 0.459 e. The maximum absolute atomic E-state index is 14.3. The number of imidazole rings is 1. The lowest BCUT2D eigenvalue weighted by Gasteiger charge is -2.28. The van der Waals surface area contributed by atoms with Crippen molar-refractivity contribution in [2.24, 2.45) is 11.7 Å². The quantitative estimate of drug-likeness (QED) is 0.250. The van der Waals surface area contributed by atoms with Crippen LogP contribution in [0.25, 0.3) is 21.6 Å². The molecule has 1 aromatic carbocycles. The third-order valence-electron chi connectivity index (χ3n) is 12.1. The fourth-order valence-electron chi connectivity index (χ4n) is 8.74. The Morgan fingerprint density at radius 2 is 1.82 bits per heavy atom. The minimum atomic E-state index is -3.84. The van der Waals surface area contributed by atoms with E-state index in [9.17, 15) is 22.8 Å². The minimum absolute atomic E-state index is 0.0142. The third-order valence-corrected chi connectivity index (χ3v) is 14.8. The Morgan fingerprint density at radius 3 is 2.58 bits per heavy atom. The van der Waals surface area contributed by atoms with Crippen molar-refractivity contribution in [3.63, 3.8) is 0 Å². The predicted octanol–water partition coefficient (Wildman–Crippen LogP) is 5.47. The Hall–Kier alpha value is -3.82. The second-order valence-electron chi connectivity index (χ2n) is 16.5. The molecule has 4 fully saturated rings. The van der Waals surface area contributed by atoms with Crippen molar-refractivity contribution in [3.05, 3.63) is 41.4 Å². The molecule has 1 saturated heterocycles. The maximum atomic E-state index is 14.3. The molecule has 296 valence electrons. The lowest BCUT2D eigenvalue weighted by atomic mass is 9.87. The van der Waals surface area contributed by atoms with Gasteiger partial charge in [-0.3, -0.25) is 23.7 Å². The van der Waals surface area contributed by atoms with Crippen LogP contribution in [0.1, 0.15) is 121 Å². The second-order valence-corrected chi connectivity index (χ2v) is 19.4. The van der Waals surface area contributed by atoms with Gasteiger partial charge in [0.25, 0.3) is 11.9 Å². The van der Waals surface area contributed by atoms with Gasteiger partial charge >= 0.3 is 0 Å². The lowest BCUT2D eigenvalue weighted by molar-refractivity contribution is -0.140. The van der Waals surface area contributed by atoms with E-state index in [0.29, 0.717) is 31.2 Å². The number of nitrogens with zero attached hydrogens (tertiary/aromatic N) is 4. The highest BCUT2D eigenvalue weighted by atomic mass is 32.2. The van der Waals surface area contributed by atoms with Crippen molar-refractivity contribution in [3.8, 4) is 16.6 Å². The van der Waals surface area contributed by atoms with Gasteiger partial charge in [0.15, 0.2) is 0 Å². The van der Waals surface area contributed by atoms with Crippen LogP contribution in [0.2, 0.25) is 0 Å². The number of hydrogen-bond acceptors (Lipinski definition) is 10. The number of amides is 3. The van der Waals surface area contributed by atoms with Gasteiger partial charge in [-0.25, -0.2) is 13.4 Å². The number of carbonyl (C=O) groups excluding carboxylic acids is 3. The van der Waals surface area contributed by atoms with E-state index in [2.05, 4.69) is 29.3 Å². The van der Waals surface area contributed by atoms with Crippen LogP contribution in [0.15, 0.2) is 35.7 Å². The number of sulfonamides is 1. The normalized spacial score (nSPS) is 28.3. The Balaban J connectivity index is 1.08. The molecular formula is C40H53N7O6S2. The van der Waals surface area contributed by atoms with E-state index in [4.69, 9.17) is 20.4 Å². The molecule has 5 aliphatic rings. The molecule has 3 amide bonds. The standard InChI is InChI=1S/C40H53N7O6S2/c1-24(2)47-32-17-11-15-29(36-42-31(23-54-36)25-12-7-6-8-13-25)34(32)43-39(47)53-27-20-33-35(48)44-40(38(50)45-55(51,52)28-18-19-28)21-26(40)14-9-4-3-5-10-16-30(41)37(49)46(33)22-27/h9,11,14-15,17,23-28,30,33H,3-8,10,12-13,16,18-22,41H2,1-2H3,(H,44,48)(H,45,50). The summed E-state index contributed by atoms with van der Waals surface area (Å²) in [7, 11) is -3.84. The molecule has 5 unspecified atom stereocenters. The number of nitrogens with one attached hydrogen (secondary N) is 2. The highest BCUT2D eigenvalue weighted by Gasteiger charge is 2.62. The summed E-state index contributed by atoms with van der Waals surface area (Å²) in [6, 6.07) is 4.68. The molecule has 0 radical (unpaired) electrons. The molecule has 3 aromatic rings. The van der Waals surface area contributed by atoms with Gasteiger partial charge in [-0.1, -0.05) is 50.3 Å². The summed E-state index contributed by atoms with van der Waals surface area (Å²) in [6.07, 6.45) is 14.6. The number of carbonyl (C=O) groups is 3. The van der Waals surface area contributed by atoms with Crippen molar-refractivity contribution < 1.29 is 27.5 Å². The van der Waals surface area contributed by atoms with E-state index in [1.807, 2.05) is 34.9 Å². The minimum Gasteiger partial charge on any atom is -0.459 e. The van der Waals surface area contributed by atoms with Crippen molar-refractivity contribution >= 4 is 50.1 Å².